The molecular formula is C8H18O2P. The second-order valence-electron chi connectivity index (χ2n) is 2.86. The minimum atomic E-state index is -0.748. The lowest BCUT2D eigenvalue weighted by Crippen LogP contribution is -2.05. The Morgan fingerprint density at radius 1 is 1.09 bits per heavy atom. The van der Waals surface area contributed by atoms with Crippen molar-refractivity contribution in [2.24, 2.45) is 0 Å². The highest BCUT2D eigenvalue weighted by Crippen LogP contribution is 2.40. The van der Waals surface area contributed by atoms with E-state index in [-0.39, 0.29) is 12.2 Å². The van der Waals surface area contributed by atoms with Crippen LogP contribution in [0.1, 0.15) is 27.7 Å². The van der Waals surface area contributed by atoms with Gasteiger partial charge in [0.25, 0.3) is 0 Å². The molecule has 0 spiro atoms. The van der Waals surface area contributed by atoms with E-state index in [0.29, 0.717) is 0 Å². The Bertz CT molecular complexity index is 84.1. The van der Waals surface area contributed by atoms with Crippen LogP contribution < -0.4 is 0 Å². The highest BCUT2D eigenvalue weighted by molar-refractivity contribution is 7.47. The Balaban J connectivity index is 3.58. The Hall–Kier alpha value is 0.350. The lowest BCUT2D eigenvalue weighted by atomic mass is 10.5. The summed E-state index contributed by atoms with van der Waals surface area (Å²) in [6.45, 7) is 11.8. The summed E-state index contributed by atoms with van der Waals surface area (Å²) in [6.07, 6.45) is 1.20. The first kappa shape index (κ1) is 11.4. The summed E-state index contributed by atoms with van der Waals surface area (Å²) in [7, 11) is -0.748. The molecule has 0 N–H and O–H groups in total. The van der Waals surface area contributed by atoms with E-state index in [4.69, 9.17) is 9.05 Å². The van der Waals surface area contributed by atoms with E-state index in [0.717, 1.165) is 6.16 Å². The fourth-order valence-electron chi connectivity index (χ4n) is 0.601. The Morgan fingerprint density at radius 3 is 1.64 bits per heavy atom. The van der Waals surface area contributed by atoms with Gasteiger partial charge >= 0.3 is 0 Å². The second-order valence-corrected chi connectivity index (χ2v) is 4.40. The van der Waals surface area contributed by atoms with Crippen LogP contribution in [0.5, 0.6) is 0 Å². The van der Waals surface area contributed by atoms with Crippen LogP contribution in [0, 0.1) is 6.92 Å². The van der Waals surface area contributed by atoms with Crippen LogP contribution in [0.15, 0.2) is 0 Å². The van der Waals surface area contributed by atoms with Gasteiger partial charge in [-0.3, -0.25) is 0 Å². The molecule has 0 heterocycles. The number of hydrogen-bond acceptors (Lipinski definition) is 2. The minimum Gasteiger partial charge on any atom is -0.331 e. The molecule has 0 aromatic rings. The van der Waals surface area contributed by atoms with E-state index in [9.17, 15) is 0 Å². The second kappa shape index (κ2) is 5.93. The van der Waals surface area contributed by atoms with Crippen LogP contribution in [-0.2, 0) is 9.05 Å². The molecule has 0 saturated heterocycles. The molecule has 1 radical (unpaired) electrons. The molecule has 0 rings (SSSR count). The molecule has 2 nitrogen and oxygen atoms in total. The summed E-state index contributed by atoms with van der Waals surface area (Å²) >= 11 is 0. The molecule has 0 saturated carbocycles. The van der Waals surface area contributed by atoms with E-state index in [1.807, 2.05) is 27.7 Å². The fraction of sp³-hybridized carbons (Fsp3) is 0.875. The first-order valence-corrected chi connectivity index (χ1v) is 5.32. The van der Waals surface area contributed by atoms with Gasteiger partial charge in [-0.05, 0) is 34.6 Å². The summed E-state index contributed by atoms with van der Waals surface area (Å²) in [5.74, 6) is 0. The van der Waals surface area contributed by atoms with Crippen molar-refractivity contribution in [2.75, 3.05) is 6.16 Å². The van der Waals surface area contributed by atoms with Crippen LogP contribution in [-0.4, -0.2) is 18.4 Å². The van der Waals surface area contributed by atoms with Gasteiger partial charge in [-0.15, -0.1) is 0 Å². The average Bonchev–Trinajstić information content (AvgIpc) is 1.84. The molecule has 0 aromatic carbocycles. The first-order chi connectivity index (χ1) is 5.06. The van der Waals surface area contributed by atoms with Crippen LogP contribution in [0.2, 0.25) is 0 Å². The van der Waals surface area contributed by atoms with Gasteiger partial charge in [-0.2, -0.15) is 0 Å². The molecule has 0 unspecified atom stereocenters. The molecular weight excluding hydrogens is 159 g/mol. The van der Waals surface area contributed by atoms with Gasteiger partial charge in [0, 0.05) is 6.16 Å². The van der Waals surface area contributed by atoms with Crippen LogP contribution >= 0.6 is 8.38 Å². The third-order valence-corrected chi connectivity index (χ3v) is 2.52. The number of hydrogen-bond donors (Lipinski definition) is 0. The van der Waals surface area contributed by atoms with Crippen LogP contribution in [0.3, 0.4) is 0 Å². The molecule has 11 heavy (non-hydrogen) atoms. The Morgan fingerprint density at radius 2 is 1.45 bits per heavy atom. The Kier molecular flexibility index (Phi) is 6.12. The zero-order valence-corrected chi connectivity index (χ0v) is 8.73. The van der Waals surface area contributed by atoms with E-state index in [2.05, 4.69) is 6.92 Å². The topological polar surface area (TPSA) is 18.5 Å². The zero-order valence-electron chi connectivity index (χ0n) is 7.83. The third kappa shape index (κ3) is 6.74. The predicted octanol–water partition coefficient (Wildman–Crippen LogP) is 2.98. The monoisotopic (exact) mass is 177 g/mol. The van der Waals surface area contributed by atoms with Crippen molar-refractivity contribution < 1.29 is 9.05 Å². The quantitative estimate of drug-likeness (QED) is 0.601. The maximum Gasteiger partial charge on any atom is 0.170 e. The van der Waals surface area contributed by atoms with Crippen molar-refractivity contribution in [3.05, 3.63) is 6.92 Å². The van der Waals surface area contributed by atoms with Crippen molar-refractivity contribution in [1.29, 1.82) is 0 Å². The van der Waals surface area contributed by atoms with Crippen molar-refractivity contribution in [3.8, 4) is 0 Å². The molecule has 0 fully saturated rings. The molecule has 0 aliphatic rings. The normalized spacial score (nSPS) is 12.0. The highest BCUT2D eigenvalue weighted by atomic mass is 31.2. The average molecular weight is 177 g/mol. The molecule has 3 heteroatoms. The van der Waals surface area contributed by atoms with E-state index < -0.39 is 8.38 Å². The zero-order chi connectivity index (χ0) is 8.85. The third-order valence-electron chi connectivity index (χ3n) is 0.839. The van der Waals surface area contributed by atoms with Crippen molar-refractivity contribution in [1.82, 2.24) is 0 Å². The van der Waals surface area contributed by atoms with Gasteiger partial charge < -0.3 is 9.05 Å². The summed E-state index contributed by atoms with van der Waals surface area (Å²) in [5.41, 5.74) is 0. The molecule has 0 atom stereocenters. The van der Waals surface area contributed by atoms with Gasteiger partial charge in [0.05, 0.1) is 12.2 Å². The van der Waals surface area contributed by atoms with Crippen LogP contribution in [0.25, 0.3) is 0 Å². The van der Waals surface area contributed by atoms with Gasteiger partial charge in [0.2, 0.25) is 0 Å². The molecule has 0 bridgehead atoms. The van der Waals surface area contributed by atoms with Gasteiger partial charge in [-0.1, -0.05) is 0 Å². The maximum absolute atomic E-state index is 5.49. The maximum atomic E-state index is 5.49. The van der Waals surface area contributed by atoms with Crippen molar-refractivity contribution >= 4 is 8.38 Å². The van der Waals surface area contributed by atoms with Gasteiger partial charge in [0.1, 0.15) is 0 Å². The fourth-order valence-corrected chi connectivity index (χ4v) is 1.80. The van der Waals surface area contributed by atoms with Crippen LogP contribution in [0.4, 0.5) is 0 Å². The Labute approximate surface area is 71.2 Å². The van der Waals surface area contributed by atoms with Crippen molar-refractivity contribution in [2.45, 2.75) is 39.9 Å². The van der Waals surface area contributed by atoms with E-state index >= 15 is 0 Å². The van der Waals surface area contributed by atoms with Crippen molar-refractivity contribution in [3.63, 3.8) is 0 Å². The molecule has 0 aromatic heterocycles. The molecule has 67 valence electrons. The first-order valence-electron chi connectivity index (χ1n) is 3.96. The summed E-state index contributed by atoms with van der Waals surface area (Å²) in [6, 6.07) is 0. The largest absolute Gasteiger partial charge is 0.331 e. The van der Waals surface area contributed by atoms with E-state index in [1.54, 1.807) is 0 Å². The molecule has 0 amide bonds. The SMILES string of the molecule is [CH2]CP(OC(C)C)OC(C)C. The molecule has 0 aliphatic carbocycles. The van der Waals surface area contributed by atoms with Gasteiger partial charge in [0.15, 0.2) is 8.38 Å². The highest BCUT2D eigenvalue weighted by Gasteiger charge is 2.11. The summed E-state index contributed by atoms with van der Waals surface area (Å²) in [4.78, 5) is 0. The predicted molar refractivity (Wildman–Crippen MR) is 49.6 cm³/mol. The molecule has 0 aliphatic heterocycles. The number of rotatable bonds is 5. The smallest absolute Gasteiger partial charge is 0.170 e. The summed E-state index contributed by atoms with van der Waals surface area (Å²) < 4.78 is 11.0. The summed E-state index contributed by atoms with van der Waals surface area (Å²) in [5, 5.41) is 0. The lowest BCUT2D eigenvalue weighted by molar-refractivity contribution is 0.179. The standard InChI is InChI=1S/C8H18O2P/c1-6-11(9-7(2)3)10-8(4)5/h7-8H,1,6H2,2-5H3. The van der Waals surface area contributed by atoms with E-state index in [1.165, 1.54) is 0 Å². The minimum absolute atomic E-state index is 0.238. The lowest BCUT2D eigenvalue weighted by Gasteiger charge is -2.20. The van der Waals surface area contributed by atoms with Gasteiger partial charge in [-0.25, -0.2) is 0 Å².